The molecule has 1 aliphatic heterocycles. The van der Waals surface area contributed by atoms with Crippen molar-refractivity contribution in [2.75, 3.05) is 0 Å². The van der Waals surface area contributed by atoms with Gasteiger partial charge in [-0.05, 0) is 31.2 Å². The largest absolute Gasteiger partial charge is 0.272 e. The van der Waals surface area contributed by atoms with Crippen molar-refractivity contribution >= 4 is 32.6 Å². The average Bonchev–Trinajstić information content (AvgIpc) is 2.73. The summed E-state index contributed by atoms with van der Waals surface area (Å²) in [5.74, 6) is -0.831. The van der Waals surface area contributed by atoms with Gasteiger partial charge in [-0.3, -0.25) is 9.59 Å². The summed E-state index contributed by atoms with van der Waals surface area (Å²) in [6.07, 6.45) is 0. The Morgan fingerprint density at radius 3 is 1.95 bits per heavy atom. The molecule has 0 aromatic heterocycles. The van der Waals surface area contributed by atoms with Gasteiger partial charge in [-0.25, -0.2) is 8.51 Å². The smallest absolute Gasteiger partial charge is 0.268 e. The lowest BCUT2D eigenvalue weighted by atomic mass is 10.1. The molecule has 0 radical (unpaired) electrons. The van der Waals surface area contributed by atoms with Crippen LogP contribution in [0.3, 0.4) is 0 Å². The summed E-state index contributed by atoms with van der Waals surface area (Å²) in [5.41, 5.74) is 1.77. The van der Waals surface area contributed by atoms with Crippen LogP contribution in [0.5, 0.6) is 0 Å². The second-order valence-corrected chi connectivity index (χ2v) is 7.38. The molecule has 106 valence electrons. The third kappa shape index (κ3) is 2.52. The van der Waals surface area contributed by atoms with E-state index in [0.717, 1.165) is 20.8 Å². The van der Waals surface area contributed by atoms with Gasteiger partial charge in [-0.2, -0.15) is 0 Å². The molecule has 1 unspecified atom stereocenters. The minimum absolute atomic E-state index is 0.357. The predicted octanol–water partition coefficient (Wildman–Crippen LogP) is 2.96. The molecule has 21 heavy (non-hydrogen) atoms. The van der Waals surface area contributed by atoms with Crippen molar-refractivity contribution in [1.82, 2.24) is 4.31 Å². The Morgan fingerprint density at radius 1 is 0.905 bits per heavy atom. The number of fused-ring (bicyclic) bond motifs is 1. The maximum Gasteiger partial charge on any atom is 0.272 e. The number of carbonyl (C=O) groups excluding carboxylic acids is 2. The van der Waals surface area contributed by atoms with Crippen LogP contribution < -0.4 is 0 Å². The number of amides is 2. The van der Waals surface area contributed by atoms with Crippen LogP contribution in [-0.2, 0) is 9.83 Å². The number of hydrogen-bond acceptors (Lipinski definition) is 4. The summed E-state index contributed by atoms with van der Waals surface area (Å²) in [6, 6.07) is 13.8. The van der Waals surface area contributed by atoms with E-state index in [4.69, 9.17) is 0 Å². The SMILES string of the molecule is Cc1ccc(S(=O)SN2C(=O)c3ccccc3C2=O)cc1. The van der Waals surface area contributed by atoms with Crippen LogP contribution >= 0.6 is 11.0 Å². The Hall–Kier alpha value is -1.92. The maximum atomic E-state index is 12.3. The first-order valence-electron chi connectivity index (χ1n) is 6.22. The fourth-order valence-electron chi connectivity index (χ4n) is 1.99. The molecule has 1 atom stereocenters. The van der Waals surface area contributed by atoms with Crippen LogP contribution in [0.25, 0.3) is 0 Å². The highest BCUT2D eigenvalue weighted by atomic mass is 33.1. The molecule has 2 aromatic carbocycles. The highest BCUT2D eigenvalue weighted by Gasteiger charge is 2.37. The molecule has 4 nitrogen and oxygen atoms in total. The lowest BCUT2D eigenvalue weighted by Gasteiger charge is -2.11. The van der Waals surface area contributed by atoms with Crippen molar-refractivity contribution < 1.29 is 13.8 Å². The van der Waals surface area contributed by atoms with Gasteiger partial charge in [0.2, 0.25) is 0 Å². The van der Waals surface area contributed by atoms with E-state index in [9.17, 15) is 13.8 Å². The Morgan fingerprint density at radius 2 is 1.43 bits per heavy atom. The number of benzene rings is 2. The molecule has 1 aliphatic rings. The van der Waals surface area contributed by atoms with Crippen molar-refractivity contribution in [3.8, 4) is 0 Å². The van der Waals surface area contributed by atoms with E-state index < -0.39 is 21.6 Å². The Bertz CT molecular complexity index is 721. The molecule has 0 bridgehead atoms. The lowest BCUT2D eigenvalue weighted by molar-refractivity contribution is 0.0778. The van der Waals surface area contributed by atoms with Gasteiger partial charge in [0.05, 0.1) is 27.0 Å². The zero-order chi connectivity index (χ0) is 15.0. The van der Waals surface area contributed by atoms with Crippen molar-refractivity contribution in [2.45, 2.75) is 11.8 Å². The summed E-state index contributed by atoms with van der Waals surface area (Å²) < 4.78 is 13.3. The van der Waals surface area contributed by atoms with Crippen LogP contribution in [0.1, 0.15) is 26.3 Å². The van der Waals surface area contributed by atoms with E-state index >= 15 is 0 Å². The minimum atomic E-state index is -1.51. The van der Waals surface area contributed by atoms with Crippen molar-refractivity contribution in [3.63, 3.8) is 0 Å². The van der Waals surface area contributed by atoms with Crippen LogP contribution in [0.2, 0.25) is 0 Å². The van der Waals surface area contributed by atoms with Crippen molar-refractivity contribution in [2.24, 2.45) is 0 Å². The zero-order valence-electron chi connectivity index (χ0n) is 11.1. The van der Waals surface area contributed by atoms with Crippen LogP contribution in [0.4, 0.5) is 0 Å². The zero-order valence-corrected chi connectivity index (χ0v) is 12.7. The molecule has 6 heteroatoms. The number of rotatable bonds is 3. The summed E-state index contributed by atoms with van der Waals surface area (Å²) in [6.45, 7) is 1.93. The standard InChI is InChI=1S/C15H11NO3S2/c1-10-6-8-11(9-7-10)21(19)20-16-14(17)12-4-2-3-5-13(12)15(16)18/h2-9H,1H3. The molecule has 1 heterocycles. The van der Waals surface area contributed by atoms with Gasteiger partial charge >= 0.3 is 0 Å². The van der Waals surface area contributed by atoms with Gasteiger partial charge in [0.25, 0.3) is 11.8 Å². The number of nitrogens with zero attached hydrogens (tertiary/aromatic N) is 1. The fraction of sp³-hybridized carbons (Fsp3) is 0.0667. The fourth-order valence-corrected chi connectivity index (χ4v) is 4.31. The van der Waals surface area contributed by atoms with E-state index in [-0.39, 0.29) is 0 Å². The molecule has 0 fully saturated rings. The number of imide groups is 1. The molecular formula is C15H11NO3S2. The second-order valence-electron chi connectivity index (χ2n) is 4.57. The number of carbonyl (C=O) groups is 2. The van der Waals surface area contributed by atoms with E-state index in [1.54, 1.807) is 36.4 Å². The highest BCUT2D eigenvalue weighted by Crippen LogP contribution is 2.32. The van der Waals surface area contributed by atoms with E-state index in [1.807, 2.05) is 19.1 Å². The first-order valence-corrected chi connectivity index (χ1v) is 8.66. The molecule has 0 saturated carbocycles. The van der Waals surface area contributed by atoms with Crippen molar-refractivity contribution in [1.29, 1.82) is 0 Å². The minimum Gasteiger partial charge on any atom is -0.268 e. The molecule has 0 saturated heterocycles. The third-order valence-electron chi connectivity index (χ3n) is 3.11. The van der Waals surface area contributed by atoms with Gasteiger partial charge in [0.15, 0.2) is 0 Å². The molecular weight excluding hydrogens is 306 g/mol. The summed E-state index contributed by atoms with van der Waals surface area (Å²) in [5, 5.41) is 0. The third-order valence-corrected chi connectivity index (χ3v) is 5.82. The molecule has 0 N–H and O–H groups in total. The predicted molar refractivity (Wildman–Crippen MR) is 82.1 cm³/mol. The topological polar surface area (TPSA) is 54.5 Å². The summed E-state index contributed by atoms with van der Waals surface area (Å²) in [7, 11) is -0.765. The maximum absolute atomic E-state index is 12.3. The van der Waals surface area contributed by atoms with E-state index in [2.05, 4.69) is 0 Å². The van der Waals surface area contributed by atoms with Crippen LogP contribution in [0.15, 0.2) is 53.4 Å². The molecule has 0 spiro atoms. The Balaban J connectivity index is 1.84. The van der Waals surface area contributed by atoms with Crippen molar-refractivity contribution in [3.05, 3.63) is 65.2 Å². The lowest BCUT2D eigenvalue weighted by Crippen LogP contribution is -2.23. The van der Waals surface area contributed by atoms with E-state index in [1.165, 1.54) is 0 Å². The quantitative estimate of drug-likeness (QED) is 0.496. The number of hydrogen-bond donors (Lipinski definition) is 0. The van der Waals surface area contributed by atoms with Gasteiger partial charge in [-0.15, -0.1) is 0 Å². The Labute approximate surface area is 128 Å². The van der Waals surface area contributed by atoms with E-state index in [0.29, 0.717) is 16.0 Å². The normalized spacial score (nSPS) is 15.2. The second kappa shape index (κ2) is 5.46. The monoisotopic (exact) mass is 317 g/mol. The molecule has 2 aromatic rings. The highest BCUT2D eigenvalue weighted by molar-refractivity contribution is 8.68. The molecule has 2 amide bonds. The van der Waals surface area contributed by atoms with Gasteiger partial charge in [0.1, 0.15) is 9.83 Å². The van der Waals surface area contributed by atoms with Crippen LogP contribution in [-0.4, -0.2) is 20.3 Å². The molecule has 3 rings (SSSR count). The van der Waals surface area contributed by atoms with Gasteiger partial charge < -0.3 is 0 Å². The first kappa shape index (κ1) is 14.0. The summed E-state index contributed by atoms with van der Waals surface area (Å²) >= 11 is 0. The van der Waals surface area contributed by atoms with Gasteiger partial charge in [0, 0.05) is 0 Å². The average molecular weight is 317 g/mol. The molecule has 0 aliphatic carbocycles. The summed E-state index contributed by atoms with van der Waals surface area (Å²) in [4.78, 5) is 24.9. The first-order chi connectivity index (χ1) is 10.1. The van der Waals surface area contributed by atoms with Gasteiger partial charge in [-0.1, -0.05) is 29.8 Å². The Kier molecular flexibility index (Phi) is 3.65. The number of aryl methyl sites for hydroxylation is 1. The van der Waals surface area contributed by atoms with Crippen LogP contribution in [0, 0.1) is 6.92 Å².